The minimum atomic E-state index is -4.15. The monoisotopic (exact) mass is 492 g/mol. The molecular formula is C28H26F2N2O2S. The molecule has 0 unspecified atom stereocenters. The summed E-state index contributed by atoms with van der Waals surface area (Å²) >= 11 is 0. The second-order valence-corrected chi connectivity index (χ2v) is 10.8. The molecule has 1 aromatic heterocycles. The Balaban J connectivity index is 1.51. The maximum Gasteiger partial charge on any atom is 0.246 e. The van der Waals surface area contributed by atoms with Crippen LogP contribution in [-0.2, 0) is 16.6 Å². The topological polar surface area (TPSA) is 42.3 Å². The Kier molecular flexibility index (Phi) is 6.07. The summed E-state index contributed by atoms with van der Waals surface area (Å²) in [6.45, 7) is 5.24. The fraction of sp³-hybridized carbons (Fsp3) is 0.214. The zero-order valence-corrected chi connectivity index (χ0v) is 20.4. The van der Waals surface area contributed by atoms with E-state index in [-0.39, 0.29) is 13.1 Å². The van der Waals surface area contributed by atoms with Gasteiger partial charge in [-0.1, -0.05) is 48.5 Å². The summed E-state index contributed by atoms with van der Waals surface area (Å²) in [7, 11) is -4.15. The Hall–Kier alpha value is -3.29. The Bertz CT molecular complexity index is 1570. The zero-order chi connectivity index (χ0) is 24.7. The van der Waals surface area contributed by atoms with E-state index < -0.39 is 26.6 Å². The van der Waals surface area contributed by atoms with Crippen LogP contribution in [0.15, 0.2) is 77.7 Å². The molecule has 7 heteroatoms. The highest BCUT2D eigenvalue weighted by Crippen LogP contribution is 2.36. The Labute approximate surface area is 204 Å². The van der Waals surface area contributed by atoms with Crippen LogP contribution in [0.3, 0.4) is 0 Å². The van der Waals surface area contributed by atoms with E-state index in [4.69, 9.17) is 0 Å². The van der Waals surface area contributed by atoms with E-state index in [2.05, 4.69) is 42.7 Å². The molecule has 0 bridgehead atoms. The fourth-order valence-electron chi connectivity index (χ4n) is 4.91. The molecule has 180 valence electrons. The number of nitrogens with zero attached hydrogens (tertiary/aromatic N) is 2. The minimum absolute atomic E-state index is 0.102. The largest absolute Gasteiger partial charge is 0.340 e. The summed E-state index contributed by atoms with van der Waals surface area (Å²) < 4.78 is 57.4. The van der Waals surface area contributed by atoms with E-state index in [1.54, 1.807) is 0 Å². The van der Waals surface area contributed by atoms with Crippen molar-refractivity contribution in [1.82, 2.24) is 8.87 Å². The van der Waals surface area contributed by atoms with Crippen molar-refractivity contribution in [3.8, 4) is 0 Å². The second-order valence-electron chi connectivity index (χ2n) is 8.91. The molecule has 2 heterocycles. The second kappa shape index (κ2) is 9.06. The lowest BCUT2D eigenvalue weighted by atomic mass is 9.97. The highest BCUT2D eigenvalue weighted by molar-refractivity contribution is 7.89. The molecule has 5 rings (SSSR count). The van der Waals surface area contributed by atoms with Gasteiger partial charge in [0, 0.05) is 41.8 Å². The zero-order valence-electron chi connectivity index (χ0n) is 19.6. The van der Waals surface area contributed by atoms with Crippen molar-refractivity contribution in [2.24, 2.45) is 0 Å². The van der Waals surface area contributed by atoms with E-state index in [1.807, 2.05) is 30.3 Å². The SMILES string of the molecule is Cc1ccccc1Cn1c(C)c(C2=CCN(S(=O)(=O)c3cc(F)ccc3F)CC2)c2ccccc21. The molecule has 0 saturated carbocycles. The van der Waals surface area contributed by atoms with Crippen LogP contribution in [0.4, 0.5) is 8.78 Å². The lowest BCUT2D eigenvalue weighted by molar-refractivity contribution is 0.435. The van der Waals surface area contributed by atoms with Crippen LogP contribution < -0.4 is 0 Å². The van der Waals surface area contributed by atoms with Gasteiger partial charge in [-0.2, -0.15) is 4.31 Å². The van der Waals surface area contributed by atoms with Gasteiger partial charge in [-0.3, -0.25) is 0 Å². The predicted octanol–water partition coefficient (Wildman–Crippen LogP) is 6.06. The van der Waals surface area contributed by atoms with Crippen LogP contribution in [-0.4, -0.2) is 30.4 Å². The Morgan fingerprint density at radius 1 is 0.943 bits per heavy atom. The number of aromatic nitrogens is 1. The van der Waals surface area contributed by atoms with Crippen molar-refractivity contribution in [3.05, 3.63) is 107 Å². The standard InChI is InChI=1S/C28H26F2N2O2S/c1-19-7-3-4-8-22(19)18-32-20(2)28(24-9-5-6-10-26(24)32)21-13-15-31(16-14-21)35(33,34)27-17-23(29)11-12-25(27)30/h3-13,17H,14-16,18H2,1-2H3. The van der Waals surface area contributed by atoms with E-state index in [1.165, 1.54) is 15.4 Å². The summed E-state index contributed by atoms with van der Waals surface area (Å²) in [6.07, 6.45) is 2.38. The lowest BCUT2D eigenvalue weighted by Gasteiger charge is -2.26. The van der Waals surface area contributed by atoms with Crippen molar-refractivity contribution in [2.75, 3.05) is 13.1 Å². The van der Waals surface area contributed by atoms with Gasteiger partial charge < -0.3 is 4.57 Å². The molecule has 0 aliphatic carbocycles. The van der Waals surface area contributed by atoms with Crippen molar-refractivity contribution < 1.29 is 17.2 Å². The Morgan fingerprint density at radius 2 is 1.69 bits per heavy atom. The highest BCUT2D eigenvalue weighted by Gasteiger charge is 2.30. The smallest absolute Gasteiger partial charge is 0.246 e. The van der Waals surface area contributed by atoms with Crippen molar-refractivity contribution in [1.29, 1.82) is 0 Å². The van der Waals surface area contributed by atoms with Crippen molar-refractivity contribution >= 4 is 26.5 Å². The summed E-state index contributed by atoms with van der Waals surface area (Å²) in [5, 5.41) is 1.12. The normalized spacial score (nSPS) is 14.9. The number of para-hydroxylation sites is 1. The highest BCUT2D eigenvalue weighted by atomic mass is 32.2. The maximum absolute atomic E-state index is 14.2. The van der Waals surface area contributed by atoms with Crippen LogP contribution in [0.25, 0.3) is 16.5 Å². The van der Waals surface area contributed by atoms with Gasteiger partial charge in [-0.15, -0.1) is 0 Å². The van der Waals surface area contributed by atoms with Crippen LogP contribution in [0.5, 0.6) is 0 Å². The summed E-state index contributed by atoms with van der Waals surface area (Å²) in [5.41, 5.74) is 6.90. The molecule has 0 amide bonds. The van der Waals surface area contributed by atoms with E-state index in [9.17, 15) is 17.2 Å². The molecule has 4 aromatic rings. The molecular weight excluding hydrogens is 466 g/mol. The summed E-state index contributed by atoms with van der Waals surface area (Å²) in [6, 6.07) is 19.1. The average Bonchev–Trinajstić information content (AvgIpc) is 3.13. The number of sulfonamides is 1. The van der Waals surface area contributed by atoms with Gasteiger partial charge in [0.1, 0.15) is 16.5 Å². The number of rotatable bonds is 5. The number of halogens is 2. The van der Waals surface area contributed by atoms with Crippen LogP contribution in [0.2, 0.25) is 0 Å². The van der Waals surface area contributed by atoms with Crippen LogP contribution in [0.1, 0.15) is 28.8 Å². The molecule has 1 aliphatic rings. The van der Waals surface area contributed by atoms with Crippen LogP contribution >= 0.6 is 0 Å². The van der Waals surface area contributed by atoms with Gasteiger partial charge in [0.15, 0.2) is 0 Å². The number of hydrogen-bond acceptors (Lipinski definition) is 2. The molecule has 0 atom stereocenters. The molecule has 4 nitrogen and oxygen atoms in total. The molecule has 1 aliphatic heterocycles. The van der Waals surface area contributed by atoms with Gasteiger partial charge in [0.25, 0.3) is 0 Å². The number of fused-ring (bicyclic) bond motifs is 1. The van der Waals surface area contributed by atoms with E-state index >= 15 is 0 Å². The van der Waals surface area contributed by atoms with Gasteiger partial charge in [0.2, 0.25) is 10.0 Å². The quantitative estimate of drug-likeness (QED) is 0.340. The average molecular weight is 493 g/mol. The van der Waals surface area contributed by atoms with Gasteiger partial charge >= 0.3 is 0 Å². The van der Waals surface area contributed by atoms with E-state index in [0.717, 1.165) is 52.5 Å². The fourth-order valence-corrected chi connectivity index (χ4v) is 6.36. The molecule has 0 N–H and O–H groups in total. The Morgan fingerprint density at radius 3 is 2.43 bits per heavy atom. The molecule has 0 spiro atoms. The lowest BCUT2D eigenvalue weighted by Crippen LogP contribution is -2.35. The molecule has 0 fully saturated rings. The van der Waals surface area contributed by atoms with Crippen molar-refractivity contribution in [2.45, 2.75) is 31.7 Å². The maximum atomic E-state index is 14.2. The first-order valence-corrected chi connectivity index (χ1v) is 13.0. The molecule has 35 heavy (non-hydrogen) atoms. The third-order valence-electron chi connectivity index (χ3n) is 6.82. The van der Waals surface area contributed by atoms with Gasteiger partial charge in [-0.05, 0) is 61.2 Å². The summed E-state index contributed by atoms with van der Waals surface area (Å²) in [4.78, 5) is -0.625. The van der Waals surface area contributed by atoms with Crippen molar-refractivity contribution in [3.63, 3.8) is 0 Å². The third-order valence-corrected chi connectivity index (χ3v) is 8.70. The van der Waals surface area contributed by atoms with Gasteiger partial charge in [0.05, 0.1) is 0 Å². The number of hydrogen-bond donors (Lipinski definition) is 0. The number of benzene rings is 3. The third kappa shape index (κ3) is 4.19. The molecule has 0 radical (unpaired) electrons. The van der Waals surface area contributed by atoms with Gasteiger partial charge in [-0.25, -0.2) is 17.2 Å². The first-order chi connectivity index (χ1) is 16.8. The molecule has 0 saturated heterocycles. The van der Waals surface area contributed by atoms with Crippen LogP contribution in [0, 0.1) is 25.5 Å². The number of aryl methyl sites for hydroxylation is 1. The molecule has 3 aromatic carbocycles. The first kappa shape index (κ1) is 23.5. The first-order valence-electron chi connectivity index (χ1n) is 11.5. The van der Waals surface area contributed by atoms with E-state index in [0.29, 0.717) is 6.42 Å². The minimum Gasteiger partial charge on any atom is -0.340 e. The predicted molar refractivity (Wildman–Crippen MR) is 135 cm³/mol. The summed E-state index contributed by atoms with van der Waals surface area (Å²) in [5.74, 6) is -1.73.